The van der Waals surface area contributed by atoms with Crippen LogP contribution in [-0.2, 0) is 10.7 Å². The van der Waals surface area contributed by atoms with E-state index in [-0.39, 0.29) is 34.7 Å². The third-order valence-corrected chi connectivity index (χ3v) is 2.63. The molecular formula is C10H8F5NaOS. The standard InChI is InChI=1S/C10H7F5OS.Na.H/c1-6(16)17-8-4-2-7(3-5-8)9(11,12)10(13,14)15;;/h2-5H,1H3;;. The fraction of sp³-hybridized carbons (Fsp3) is 0.300. The molecule has 0 bridgehead atoms. The molecule has 0 N–H and O–H groups in total. The zero-order valence-electron chi connectivity index (χ0n) is 8.52. The molecule has 0 heterocycles. The van der Waals surface area contributed by atoms with Crippen molar-refractivity contribution in [1.82, 2.24) is 0 Å². The Morgan fingerprint density at radius 3 is 1.83 bits per heavy atom. The second-order valence-corrected chi connectivity index (χ2v) is 4.44. The number of halogens is 5. The molecule has 8 heteroatoms. The van der Waals surface area contributed by atoms with Gasteiger partial charge in [0.05, 0.1) is 0 Å². The molecule has 0 fully saturated rings. The van der Waals surface area contributed by atoms with E-state index in [2.05, 4.69) is 0 Å². The summed E-state index contributed by atoms with van der Waals surface area (Å²) in [5.41, 5.74) is -1.14. The van der Waals surface area contributed by atoms with Crippen LogP contribution in [0.1, 0.15) is 12.5 Å². The van der Waals surface area contributed by atoms with Crippen molar-refractivity contribution in [1.29, 1.82) is 0 Å². The summed E-state index contributed by atoms with van der Waals surface area (Å²) in [6.07, 6.45) is -5.62. The first-order valence-corrected chi connectivity index (χ1v) is 5.20. The second-order valence-electron chi connectivity index (χ2n) is 3.19. The fourth-order valence-electron chi connectivity index (χ4n) is 1.06. The Bertz CT molecular complexity index is 415. The molecule has 1 aromatic carbocycles. The van der Waals surface area contributed by atoms with Gasteiger partial charge in [0.25, 0.3) is 0 Å². The normalized spacial score (nSPS) is 11.9. The maximum absolute atomic E-state index is 12.9. The number of hydrogen-bond acceptors (Lipinski definition) is 2. The fourth-order valence-corrected chi connectivity index (χ4v) is 1.67. The summed E-state index contributed by atoms with van der Waals surface area (Å²) in [7, 11) is 0. The number of benzene rings is 1. The monoisotopic (exact) mass is 294 g/mol. The van der Waals surface area contributed by atoms with E-state index in [1.54, 1.807) is 0 Å². The zero-order chi connectivity index (χ0) is 13.3. The SMILES string of the molecule is CC(=O)Sc1ccc(C(F)(F)C(F)(F)F)cc1.[NaH]. The van der Waals surface area contributed by atoms with Crippen LogP contribution in [0.15, 0.2) is 29.2 Å². The van der Waals surface area contributed by atoms with Crippen molar-refractivity contribution in [3.63, 3.8) is 0 Å². The summed E-state index contributed by atoms with van der Waals surface area (Å²) in [6, 6.07) is 3.44. The number of hydrogen-bond donors (Lipinski definition) is 0. The zero-order valence-corrected chi connectivity index (χ0v) is 9.33. The molecule has 0 aliphatic carbocycles. The Kier molecular flexibility index (Phi) is 6.32. The molecule has 0 saturated heterocycles. The van der Waals surface area contributed by atoms with Crippen molar-refractivity contribution < 1.29 is 26.7 Å². The molecule has 0 spiro atoms. The molecule has 0 aliphatic heterocycles. The molecule has 0 amide bonds. The topological polar surface area (TPSA) is 17.1 Å². The van der Waals surface area contributed by atoms with E-state index in [1.807, 2.05) is 0 Å². The minimum absolute atomic E-state index is 0. The van der Waals surface area contributed by atoms with Gasteiger partial charge in [-0.15, -0.1) is 0 Å². The average molecular weight is 294 g/mol. The molecule has 0 aliphatic rings. The number of thioether (sulfide) groups is 1. The van der Waals surface area contributed by atoms with Gasteiger partial charge in [-0.05, 0) is 12.1 Å². The van der Waals surface area contributed by atoms with E-state index in [1.165, 1.54) is 6.92 Å². The summed E-state index contributed by atoms with van der Waals surface area (Å²) in [5, 5.41) is -0.277. The summed E-state index contributed by atoms with van der Waals surface area (Å²) < 4.78 is 61.8. The van der Waals surface area contributed by atoms with Crippen molar-refractivity contribution in [2.24, 2.45) is 0 Å². The summed E-state index contributed by atoms with van der Waals surface area (Å²) in [4.78, 5) is 11.0. The summed E-state index contributed by atoms with van der Waals surface area (Å²) in [6.45, 7) is 1.27. The van der Waals surface area contributed by atoms with Gasteiger partial charge in [0.2, 0.25) is 0 Å². The molecule has 0 atom stereocenters. The van der Waals surface area contributed by atoms with Crippen molar-refractivity contribution in [3.8, 4) is 0 Å². The summed E-state index contributed by atoms with van der Waals surface area (Å²) in [5.74, 6) is -4.88. The molecule has 18 heavy (non-hydrogen) atoms. The number of alkyl halides is 5. The van der Waals surface area contributed by atoms with Crippen LogP contribution in [0.2, 0.25) is 0 Å². The molecule has 1 rings (SSSR count). The summed E-state index contributed by atoms with van der Waals surface area (Å²) >= 11 is 0.760. The Morgan fingerprint density at radius 2 is 1.50 bits per heavy atom. The maximum atomic E-state index is 12.9. The van der Waals surface area contributed by atoms with Crippen LogP contribution in [0.4, 0.5) is 22.0 Å². The second kappa shape index (κ2) is 6.36. The molecule has 1 aromatic rings. The molecular weight excluding hydrogens is 286 g/mol. The van der Waals surface area contributed by atoms with Crippen LogP contribution in [0, 0.1) is 0 Å². The van der Waals surface area contributed by atoms with Crippen molar-refractivity contribution in [3.05, 3.63) is 29.8 Å². The van der Waals surface area contributed by atoms with Gasteiger partial charge >= 0.3 is 41.7 Å². The number of rotatable bonds is 2. The predicted molar refractivity (Wildman–Crippen MR) is 60.1 cm³/mol. The Balaban J connectivity index is 0.00000289. The molecule has 0 saturated carbocycles. The quantitative estimate of drug-likeness (QED) is 0.473. The van der Waals surface area contributed by atoms with Crippen molar-refractivity contribution >= 4 is 46.4 Å². The first-order chi connectivity index (χ1) is 7.64. The van der Waals surface area contributed by atoms with Crippen molar-refractivity contribution in [2.75, 3.05) is 0 Å². The number of carbonyl (C=O) groups is 1. The van der Waals surface area contributed by atoms with Gasteiger partial charge in [0, 0.05) is 17.4 Å². The van der Waals surface area contributed by atoms with E-state index < -0.39 is 17.7 Å². The van der Waals surface area contributed by atoms with Crippen LogP contribution in [0.5, 0.6) is 0 Å². The molecule has 0 radical (unpaired) electrons. The van der Waals surface area contributed by atoms with Gasteiger partial charge in [0.1, 0.15) is 0 Å². The first-order valence-electron chi connectivity index (χ1n) is 4.38. The Labute approximate surface area is 126 Å². The van der Waals surface area contributed by atoms with E-state index in [9.17, 15) is 26.7 Å². The third kappa shape index (κ3) is 4.22. The van der Waals surface area contributed by atoms with Gasteiger partial charge in [-0.2, -0.15) is 22.0 Å². The van der Waals surface area contributed by atoms with E-state index in [0.717, 1.165) is 23.9 Å². The van der Waals surface area contributed by atoms with Crippen LogP contribution < -0.4 is 0 Å². The van der Waals surface area contributed by atoms with Gasteiger partial charge < -0.3 is 0 Å². The third-order valence-electron chi connectivity index (χ3n) is 1.83. The van der Waals surface area contributed by atoms with E-state index in [4.69, 9.17) is 0 Å². The van der Waals surface area contributed by atoms with Crippen LogP contribution >= 0.6 is 11.8 Å². The number of carbonyl (C=O) groups excluding carboxylic acids is 1. The van der Waals surface area contributed by atoms with Crippen LogP contribution in [0.25, 0.3) is 0 Å². The van der Waals surface area contributed by atoms with E-state index >= 15 is 0 Å². The average Bonchev–Trinajstić information content (AvgIpc) is 2.15. The van der Waals surface area contributed by atoms with Crippen molar-refractivity contribution in [2.45, 2.75) is 23.9 Å². The van der Waals surface area contributed by atoms with Crippen LogP contribution in [0.3, 0.4) is 0 Å². The predicted octanol–water partition coefficient (Wildman–Crippen LogP) is 3.33. The van der Waals surface area contributed by atoms with Gasteiger partial charge in [-0.25, -0.2) is 0 Å². The minimum atomic E-state index is -5.62. The molecule has 0 aromatic heterocycles. The molecule has 1 nitrogen and oxygen atoms in total. The van der Waals surface area contributed by atoms with E-state index in [0.29, 0.717) is 17.0 Å². The van der Waals surface area contributed by atoms with Gasteiger partial charge in [-0.3, -0.25) is 4.79 Å². The van der Waals surface area contributed by atoms with Crippen LogP contribution in [-0.4, -0.2) is 40.8 Å². The Hall–Kier alpha value is -0.110. The molecule has 96 valence electrons. The first kappa shape index (κ1) is 17.9. The molecule has 0 unspecified atom stereocenters. The Morgan fingerprint density at radius 1 is 1.06 bits per heavy atom. The van der Waals surface area contributed by atoms with Gasteiger partial charge in [-0.1, -0.05) is 23.9 Å². The van der Waals surface area contributed by atoms with Gasteiger partial charge in [0.15, 0.2) is 5.12 Å².